The van der Waals surface area contributed by atoms with E-state index in [1.807, 2.05) is 0 Å². The molecule has 76 heavy (non-hydrogen) atoms. The van der Waals surface area contributed by atoms with Crippen LogP contribution in [0.3, 0.4) is 0 Å². The summed E-state index contributed by atoms with van der Waals surface area (Å²) >= 11 is 0. The molecule has 3 heterocycles. The van der Waals surface area contributed by atoms with Crippen LogP contribution in [0.1, 0.15) is 102 Å². The lowest BCUT2D eigenvalue weighted by atomic mass is 9.75. The largest absolute Gasteiger partial charge is 0.457 e. The van der Waals surface area contributed by atoms with Crippen LogP contribution in [0.25, 0.3) is 77.6 Å². The molecule has 0 fully saturated rings. The van der Waals surface area contributed by atoms with Crippen molar-refractivity contribution in [1.82, 2.24) is 0 Å². The first kappa shape index (κ1) is 47.3. The van der Waals surface area contributed by atoms with Gasteiger partial charge in [-0.15, -0.1) is 0 Å². The van der Waals surface area contributed by atoms with Gasteiger partial charge >= 0.3 is 0 Å². The third kappa shape index (κ3) is 8.03. The van der Waals surface area contributed by atoms with Crippen molar-refractivity contribution < 1.29 is 9.15 Å². The zero-order valence-electron chi connectivity index (χ0n) is 45.0. The van der Waals surface area contributed by atoms with Crippen LogP contribution in [-0.2, 0) is 16.2 Å². The Morgan fingerprint density at radius 1 is 0.368 bits per heavy atom. The third-order valence-electron chi connectivity index (χ3n) is 16.0. The van der Waals surface area contributed by atoms with Gasteiger partial charge in [0.2, 0.25) is 0 Å². The van der Waals surface area contributed by atoms with Gasteiger partial charge in [-0.25, -0.2) is 0 Å². The van der Waals surface area contributed by atoms with E-state index in [1.54, 1.807) is 0 Å². The molecule has 3 nitrogen and oxygen atoms in total. The number of benzene rings is 10. The lowest BCUT2D eigenvalue weighted by molar-refractivity contribution is 0.453. The van der Waals surface area contributed by atoms with Gasteiger partial charge in [0.15, 0.2) is 0 Å². The van der Waals surface area contributed by atoms with E-state index in [9.17, 15) is 0 Å². The first-order valence-electron chi connectivity index (χ1n) is 26.9. The fourth-order valence-corrected chi connectivity index (χ4v) is 11.8. The van der Waals surface area contributed by atoms with Crippen LogP contribution in [0.2, 0.25) is 0 Å². The molecule has 0 bridgehead atoms. The molecule has 10 aromatic carbocycles. The van der Waals surface area contributed by atoms with Crippen molar-refractivity contribution in [3.05, 3.63) is 246 Å². The fraction of sp³-hybridized carbons (Fsp3) is 0.178. The minimum absolute atomic E-state index is 0.00952. The fourth-order valence-electron chi connectivity index (χ4n) is 11.8. The van der Waals surface area contributed by atoms with Crippen LogP contribution >= 0.6 is 0 Å². The molecule has 2 aliphatic heterocycles. The summed E-state index contributed by atoms with van der Waals surface area (Å²) in [5.41, 5.74) is 23.6. The van der Waals surface area contributed by atoms with E-state index in [0.29, 0.717) is 0 Å². The van der Waals surface area contributed by atoms with Crippen molar-refractivity contribution in [2.24, 2.45) is 0 Å². The molecule has 0 spiro atoms. The summed E-state index contributed by atoms with van der Waals surface area (Å²) in [6, 6.07) is 78.6. The van der Waals surface area contributed by atoms with Crippen LogP contribution in [0.4, 0.5) is 17.1 Å². The van der Waals surface area contributed by atoms with Gasteiger partial charge in [-0.1, -0.05) is 232 Å². The Morgan fingerprint density at radius 3 is 1.57 bits per heavy atom. The van der Waals surface area contributed by atoms with E-state index in [-0.39, 0.29) is 22.2 Å². The van der Waals surface area contributed by atoms with Gasteiger partial charge < -0.3 is 14.1 Å². The van der Waals surface area contributed by atoms with E-state index >= 15 is 0 Å². The molecule has 2 aliphatic rings. The zero-order valence-corrected chi connectivity index (χ0v) is 45.0. The predicted molar refractivity (Wildman–Crippen MR) is 319 cm³/mol. The maximum Gasteiger partial charge on any atom is 0.145 e. The van der Waals surface area contributed by atoms with E-state index < -0.39 is 0 Å². The molecule has 13 rings (SSSR count). The highest BCUT2D eigenvalue weighted by atomic mass is 16.5. The summed E-state index contributed by atoms with van der Waals surface area (Å²) in [7, 11) is 0. The first-order chi connectivity index (χ1) is 36.6. The van der Waals surface area contributed by atoms with Crippen molar-refractivity contribution >= 4 is 39.0 Å². The molecule has 11 aromatic rings. The summed E-state index contributed by atoms with van der Waals surface area (Å²) < 4.78 is 14.5. The Morgan fingerprint density at radius 2 is 0.908 bits per heavy atom. The monoisotopic (exact) mass is 985 g/mol. The number of anilines is 3. The highest BCUT2D eigenvalue weighted by Crippen LogP contribution is 2.63. The summed E-state index contributed by atoms with van der Waals surface area (Å²) in [6.07, 6.45) is 0. The second-order valence-corrected chi connectivity index (χ2v) is 24.2. The summed E-state index contributed by atoms with van der Waals surface area (Å²) in [5, 5.41) is 2.17. The molecule has 0 N–H and O–H groups in total. The lowest BCUT2D eigenvalue weighted by Crippen LogP contribution is -2.26. The maximum atomic E-state index is 7.40. The van der Waals surface area contributed by atoms with Crippen molar-refractivity contribution in [1.29, 1.82) is 0 Å². The van der Waals surface area contributed by atoms with Crippen LogP contribution in [0, 0.1) is 0 Å². The summed E-state index contributed by atoms with van der Waals surface area (Å²) in [4.78, 5) is 2.57. The number of hydrogen-bond donors (Lipinski definition) is 0. The Kier molecular flexibility index (Phi) is 11.0. The normalized spacial score (nSPS) is 14.1. The second kappa shape index (κ2) is 17.6. The number of para-hydroxylation sites is 1. The number of hydrogen-bond acceptors (Lipinski definition) is 3. The summed E-state index contributed by atoms with van der Waals surface area (Å²) in [6.45, 7) is 20.7. The van der Waals surface area contributed by atoms with Gasteiger partial charge in [0.25, 0.3) is 0 Å². The topological polar surface area (TPSA) is 25.6 Å². The average molecular weight is 986 g/mol. The highest BCUT2D eigenvalue weighted by molar-refractivity contribution is 6.17. The molecule has 1 unspecified atom stereocenters. The van der Waals surface area contributed by atoms with Gasteiger partial charge in [-0.3, -0.25) is 0 Å². The van der Waals surface area contributed by atoms with E-state index in [0.717, 1.165) is 106 Å². The molecule has 372 valence electrons. The van der Waals surface area contributed by atoms with Crippen molar-refractivity contribution in [2.75, 3.05) is 4.90 Å². The molecule has 0 saturated carbocycles. The van der Waals surface area contributed by atoms with Gasteiger partial charge in [0.1, 0.15) is 22.7 Å². The highest BCUT2D eigenvalue weighted by Gasteiger charge is 2.42. The molecule has 1 atom stereocenters. The van der Waals surface area contributed by atoms with Gasteiger partial charge in [0.05, 0.1) is 17.1 Å². The van der Waals surface area contributed by atoms with E-state index in [2.05, 4.69) is 280 Å². The van der Waals surface area contributed by atoms with E-state index in [4.69, 9.17) is 9.15 Å². The first-order valence-corrected chi connectivity index (χ1v) is 26.9. The van der Waals surface area contributed by atoms with Crippen molar-refractivity contribution in [3.8, 4) is 67.1 Å². The Hall–Kier alpha value is -8.40. The van der Waals surface area contributed by atoms with Crippen LogP contribution in [0.15, 0.2) is 217 Å². The average Bonchev–Trinajstić information content (AvgIpc) is 3.94. The minimum atomic E-state index is -0.162. The molecular formula is C73H63NO2. The van der Waals surface area contributed by atoms with Crippen LogP contribution < -0.4 is 9.64 Å². The Bertz CT molecular complexity index is 4020. The smallest absolute Gasteiger partial charge is 0.145 e. The quantitative estimate of drug-likeness (QED) is 0.166. The number of furan rings is 1. The molecule has 1 aromatic heterocycles. The second-order valence-electron chi connectivity index (χ2n) is 24.2. The van der Waals surface area contributed by atoms with Crippen LogP contribution in [-0.4, -0.2) is 0 Å². The number of rotatable bonds is 6. The molecule has 0 amide bonds. The third-order valence-corrected chi connectivity index (χ3v) is 16.0. The Balaban J connectivity index is 1.16. The Labute approximate surface area is 448 Å². The standard InChI is InChI=1S/C73H63NO2/c1-71(2,3)53-33-29-46(30-34-53)52-41-62-68-65(42-52)75-64-36-32-49(51-37-54(72(4,5)6)43-55(38-51)73(7,8)9)39-60(64)67(68)57-35-31-50(45-21-13-10-14-22-45)40-61(57)74(62)69-58(47-23-15-11-16-24-47)44-59-56-27-19-20-28-63(56)76-70(59)66(69)48-25-17-12-18-26-48/h10-44,67H,1-9H3. The van der Waals surface area contributed by atoms with Crippen LogP contribution in [0.5, 0.6) is 11.5 Å². The molecular weight excluding hydrogens is 923 g/mol. The lowest BCUT2D eigenvalue weighted by Gasteiger charge is -2.43. The van der Waals surface area contributed by atoms with E-state index in [1.165, 1.54) is 33.4 Å². The van der Waals surface area contributed by atoms with Crippen molar-refractivity contribution in [3.63, 3.8) is 0 Å². The van der Waals surface area contributed by atoms with Gasteiger partial charge in [-0.2, -0.15) is 0 Å². The number of fused-ring (bicyclic) bond motifs is 7. The molecule has 0 saturated heterocycles. The predicted octanol–water partition coefficient (Wildman–Crippen LogP) is 20.9. The minimum Gasteiger partial charge on any atom is -0.457 e. The summed E-state index contributed by atoms with van der Waals surface area (Å²) in [5.74, 6) is 1.57. The van der Waals surface area contributed by atoms with Crippen molar-refractivity contribution in [2.45, 2.75) is 84.5 Å². The zero-order chi connectivity index (χ0) is 52.3. The van der Waals surface area contributed by atoms with Gasteiger partial charge in [-0.05, 0) is 125 Å². The van der Waals surface area contributed by atoms with Gasteiger partial charge in [0, 0.05) is 38.9 Å². The SMILES string of the molecule is CC(C)(C)c1ccc(-c2cc3c4c(c2)N(c2c(-c5ccccc5)cc5c(oc6ccccc65)c2-c2ccccc2)c2cc(-c5ccccc5)ccc2C4c2cc(-c4cc(C(C)(C)C)cc(C(C)(C)C)c4)ccc2O3)cc1. The number of nitrogens with zero attached hydrogens (tertiary/aromatic N) is 1. The molecule has 3 heteroatoms. The molecule has 0 aliphatic carbocycles. The maximum absolute atomic E-state index is 7.40. The molecule has 0 radical (unpaired) electrons. The number of ether oxygens (including phenoxy) is 1.